The zero-order valence-corrected chi connectivity index (χ0v) is 27.2. The molecule has 0 aliphatic heterocycles. The van der Waals surface area contributed by atoms with Gasteiger partial charge in [0.05, 0.1) is 0 Å². The van der Waals surface area contributed by atoms with E-state index in [-0.39, 0.29) is 0 Å². The molecule has 8 aromatic rings. The number of furan rings is 1. The van der Waals surface area contributed by atoms with E-state index in [1.54, 1.807) is 0 Å². The van der Waals surface area contributed by atoms with E-state index in [0.717, 1.165) is 36.8 Å². The average molecular weight is 627 g/mol. The molecule has 0 bridgehead atoms. The minimum absolute atomic E-state index is 0.949. The third kappa shape index (κ3) is 4.54. The van der Waals surface area contributed by atoms with Crippen molar-refractivity contribution in [1.29, 1.82) is 0 Å². The van der Waals surface area contributed by atoms with Gasteiger partial charge in [0.25, 0.3) is 0 Å². The van der Waals surface area contributed by atoms with Gasteiger partial charge in [-0.1, -0.05) is 140 Å². The van der Waals surface area contributed by atoms with Crippen LogP contribution in [-0.4, -0.2) is 0 Å². The van der Waals surface area contributed by atoms with Crippen molar-refractivity contribution in [2.45, 2.75) is 25.7 Å². The van der Waals surface area contributed by atoms with Crippen LogP contribution in [0.1, 0.15) is 35.1 Å². The molecule has 1 nitrogen and oxygen atoms in total. The first-order chi connectivity index (χ1) is 24.3. The molecule has 0 radical (unpaired) electrons. The fourth-order valence-corrected chi connectivity index (χ4v) is 8.37. The van der Waals surface area contributed by atoms with Gasteiger partial charge in [-0.3, -0.25) is 0 Å². The van der Waals surface area contributed by atoms with Gasteiger partial charge in [0.1, 0.15) is 11.2 Å². The molecule has 0 N–H and O–H groups in total. The lowest BCUT2D eigenvalue weighted by Gasteiger charge is -2.25. The van der Waals surface area contributed by atoms with Crippen LogP contribution in [0, 0.1) is 0 Å². The predicted molar refractivity (Wildman–Crippen MR) is 208 cm³/mol. The van der Waals surface area contributed by atoms with Gasteiger partial charge in [0, 0.05) is 10.8 Å². The fraction of sp³-hybridized carbons (Fsp3) is 0.0833. The summed E-state index contributed by atoms with van der Waals surface area (Å²) in [5.74, 6) is 0. The maximum absolute atomic E-state index is 6.58. The second-order valence-corrected chi connectivity index (χ2v) is 13.4. The topological polar surface area (TPSA) is 13.1 Å². The highest BCUT2D eigenvalue weighted by molar-refractivity contribution is 6.19. The van der Waals surface area contributed by atoms with Gasteiger partial charge in [0.2, 0.25) is 0 Å². The normalized spacial score (nSPS) is 13.6. The Hall–Kier alpha value is -5.92. The molecule has 1 heteroatoms. The van der Waals surface area contributed by atoms with Crippen LogP contribution in [0.2, 0.25) is 0 Å². The van der Waals surface area contributed by atoms with Crippen LogP contribution in [0.4, 0.5) is 0 Å². The summed E-state index contributed by atoms with van der Waals surface area (Å²) < 4.78 is 6.58. The van der Waals surface area contributed by atoms with Crippen molar-refractivity contribution >= 4 is 44.9 Å². The number of aryl methyl sites for hydroxylation is 1. The number of fused-ring (bicyclic) bond motifs is 6. The van der Waals surface area contributed by atoms with Crippen LogP contribution in [0.15, 0.2) is 150 Å². The third-order valence-corrected chi connectivity index (χ3v) is 10.6. The average Bonchev–Trinajstić information content (AvgIpc) is 3.54. The van der Waals surface area contributed by atoms with E-state index < -0.39 is 0 Å². The molecule has 0 amide bonds. The van der Waals surface area contributed by atoms with Crippen LogP contribution in [0.3, 0.4) is 0 Å². The second-order valence-electron chi connectivity index (χ2n) is 13.4. The van der Waals surface area contributed by atoms with E-state index in [9.17, 15) is 0 Å². The summed E-state index contributed by atoms with van der Waals surface area (Å²) in [5.41, 5.74) is 17.5. The number of allylic oxidation sites excluding steroid dienone is 2. The molecule has 0 spiro atoms. The predicted octanol–water partition coefficient (Wildman–Crippen LogP) is 13.3. The van der Waals surface area contributed by atoms with E-state index in [1.807, 2.05) is 0 Å². The molecule has 0 atom stereocenters. The number of rotatable bonds is 4. The number of hydrogen-bond donors (Lipinski definition) is 0. The SMILES string of the molecule is C1=Cc2cc3oc4cccc(-c5c6c(c(-c7ccccc7-c7ccc(-c8ccccc8)cc7)c7ccccc57)CCC=C6)c4c3cc2CC1. The largest absolute Gasteiger partial charge is 0.456 e. The quantitative estimate of drug-likeness (QED) is 0.189. The molecule has 1 heterocycles. The lowest BCUT2D eigenvalue weighted by atomic mass is 9.78. The Morgan fingerprint density at radius 3 is 1.98 bits per heavy atom. The lowest BCUT2D eigenvalue weighted by molar-refractivity contribution is 0.668. The Kier molecular flexibility index (Phi) is 6.52. The molecule has 2 aliphatic rings. The molecule has 2 aliphatic carbocycles. The second kappa shape index (κ2) is 11.4. The summed E-state index contributed by atoms with van der Waals surface area (Å²) in [6.45, 7) is 0. The van der Waals surface area contributed by atoms with E-state index in [2.05, 4.69) is 158 Å². The van der Waals surface area contributed by atoms with Crippen molar-refractivity contribution in [2.24, 2.45) is 0 Å². The minimum Gasteiger partial charge on any atom is -0.456 e. The van der Waals surface area contributed by atoms with E-state index in [1.165, 1.54) is 88.3 Å². The molecular formula is C48H34O. The van der Waals surface area contributed by atoms with Gasteiger partial charge < -0.3 is 4.42 Å². The zero-order valence-electron chi connectivity index (χ0n) is 27.2. The molecular weight excluding hydrogens is 593 g/mol. The van der Waals surface area contributed by atoms with E-state index in [0.29, 0.717) is 0 Å². The Balaban J connectivity index is 1.22. The van der Waals surface area contributed by atoms with Crippen LogP contribution < -0.4 is 0 Å². The summed E-state index contributed by atoms with van der Waals surface area (Å²) in [5, 5.41) is 5.01. The highest BCUT2D eigenvalue weighted by Crippen LogP contribution is 2.49. The van der Waals surface area contributed by atoms with Crippen molar-refractivity contribution in [2.75, 3.05) is 0 Å². The van der Waals surface area contributed by atoms with Crippen LogP contribution in [0.25, 0.3) is 89.4 Å². The lowest BCUT2D eigenvalue weighted by Crippen LogP contribution is -2.03. The van der Waals surface area contributed by atoms with E-state index >= 15 is 0 Å². The highest BCUT2D eigenvalue weighted by Gasteiger charge is 2.25. The first-order valence-electron chi connectivity index (χ1n) is 17.5. The molecule has 0 saturated carbocycles. The van der Waals surface area contributed by atoms with Gasteiger partial charge in [-0.05, 0) is 121 Å². The molecule has 232 valence electrons. The van der Waals surface area contributed by atoms with Crippen molar-refractivity contribution < 1.29 is 4.42 Å². The van der Waals surface area contributed by atoms with Crippen LogP contribution >= 0.6 is 0 Å². The van der Waals surface area contributed by atoms with E-state index in [4.69, 9.17) is 4.42 Å². The Morgan fingerprint density at radius 2 is 1.12 bits per heavy atom. The summed E-state index contributed by atoms with van der Waals surface area (Å²) in [7, 11) is 0. The maximum Gasteiger partial charge on any atom is 0.136 e. The molecule has 0 fully saturated rings. The summed E-state index contributed by atoms with van der Waals surface area (Å²) in [6, 6.07) is 48.9. The van der Waals surface area contributed by atoms with Crippen molar-refractivity contribution in [1.82, 2.24) is 0 Å². The van der Waals surface area contributed by atoms with Crippen molar-refractivity contribution in [3.05, 3.63) is 168 Å². The summed E-state index contributed by atoms with van der Waals surface area (Å²) in [6.07, 6.45) is 13.4. The number of hydrogen-bond acceptors (Lipinski definition) is 1. The van der Waals surface area contributed by atoms with Crippen LogP contribution in [0.5, 0.6) is 0 Å². The molecule has 1 aromatic heterocycles. The maximum atomic E-state index is 6.58. The standard InChI is InChI=1S/C48H34O/c1-2-13-31(14-3-1)32-25-27-33(28-26-32)36-17-6-7-18-37(36)46-38-19-8-10-21-40(38)47(41-22-11-9-20-39(41)46)42-23-12-24-44-48(42)43-29-34-15-4-5-16-35(34)30-45(43)49-44/h1-3,5-8,10-14,16-19,21-30H,4,9,15,20H2. The van der Waals surface area contributed by atoms with Gasteiger partial charge in [0.15, 0.2) is 0 Å². The first-order valence-corrected chi connectivity index (χ1v) is 17.5. The zero-order chi connectivity index (χ0) is 32.3. The Labute approximate surface area is 286 Å². The van der Waals surface area contributed by atoms with Crippen molar-refractivity contribution in [3.63, 3.8) is 0 Å². The molecule has 0 saturated heterocycles. The highest BCUT2D eigenvalue weighted by atomic mass is 16.3. The smallest absolute Gasteiger partial charge is 0.136 e. The fourth-order valence-electron chi connectivity index (χ4n) is 8.37. The first kappa shape index (κ1) is 28.1. The Morgan fingerprint density at radius 1 is 0.449 bits per heavy atom. The minimum atomic E-state index is 0.949. The molecule has 10 rings (SSSR count). The van der Waals surface area contributed by atoms with Gasteiger partial charge in [-0.2, -0.15) is 0 Å². The van der Waals surface area contributed by atoms with Gasteiger partial charge in [-0.15, -0.1) is 0 Å². The monoisotopic (exact) mass is 626 g/mol. The molecule has 7 aromatic carbocycles. The number of benzene rings is 7. The summed E-state index contributed by atoms with van der Waals surface area (Å²) >= 11 is 0. The van der Waals surface area contributed by atoms with Gasteiger partial charge >= 0.3 is 0 Å². The van der Waals surface area contributed by atoms with Gasteiger partial charge in [-0.25, -0.2) is 0 Å². The molecule has 49 heavy (non-hydrogen) atoms. The Bertz CT molecular complexity index is 2630. The molecule has 0 unspecified atom stereocenters. The van der Waals surface area contributed by atoms with Crippen LogP contribution in [-0.2, 0) is 12.8 Å². The summed E-state index contributed by atoms with van der Waals surface area (Å²) in [4.78, 5) is 0. The third-order valence-electron chi connectivity index (χ3n) is 10.6. The van der Waals surface area contributed by atoms with Crippen molar-refractivity contribution in [3.8, 4) is 44.5 Å².